The Kier molecular flexibility index (Phi) is 11.6. The molecule has 3 heterocycles. The summed E-state index contributed by atoms with van der Waals surface area (Å²) in [7, 11) is 0. The molecule has 0 spiro atoms. The second-order valence-corrected chi connectivity index (χ2v) is 29.0. The highest BCUT2D eigenvalue weighted by molar-refractivity contribution is 7.00. The lowest BCUT2D eigenvalue weighted by molar-refractivity contribution is 0.0786. The number of nitrogens with zero attached hydrogens (tertiary/aromatic N) is 3. The summed E-state index contributed by atoms with van der Waals surface area (Å²) >= 11 is 0. The van der Waals surface area contributed by atoms with Crippen molar-refractivity contribution >= 4 is 68.6 Å². The maximum Gasteiger partial charge on any atom is 0.252 e. The first-order valence-corrected chi connectivity index (χ1v) is 28.3. The highest BCUT2D eigenvalue weighted by atomic mass is 15.3. The summed E-state index contributed by atoms with van der Waals surface area (Å²) in [6.45, 7) is 43.1. The van der Waals surface area contributed by atoms with Crippen LogP contribution in [0.15, 0.2) is 140 Å². The van der Waals surface area contributed by atoms with Crippen LogP contribution in [0.4, 0.5) is 45.5 Å². The van der Waals surface area contributed by atoms with E-state index in [1.807, 2.05) is 0 Å². The smallest absolute Gasteiger partial charge is 0.252 e. The first-order valence-electron chi connectivity index (χ1n) is 28.3. The van der Waals surface area contributed by atoms with Gasteiger partial charge in [0.1, 0.15) is 0 Å². The van der Waals surface area contributed by atoms with Crippen molar-refractivity contribution in [3.63, 3.8) is 0 Å². The summed E-state index contributed by atoms with van der Waals surface area (Å²) in [6.07, 6.45) is 3.52. The van der Waals surface area contributed by atoms with Crippen LogP contribution in [0.3, 0.4) is 0 Å². The zero-order chi connectivity index (χ0) is 53.7. The normalized spacial score (nSPS) is 20.4. The van der Waals surface area contributed by atoms with Crippen molar-refractivity contribution < 1.29 is 0 Å². The third-order valence-corrected chi connectivity index (χ3v) is 18.7. The molecule has 0 aromatic heterocycles. The van der Waals surface area contributed by atoms with Gasteiger partial charge in [0.15, 0.2) is 0 Å². The van der Waals surface area contributed by atoms with Gasteiger partial charge < -0.3 is 14.7 Å². The quantitative estimate of drug-likeness (QED) is 0.163. The standard InChI is InChI=1S/C71H84BN3/c1-45-38-62-64-63(39-45)74(58-33-26-48(66(5,6)7)40-54(58)46-22-20-19-21-23-46)60-35-28-50(68(11,12)13)42-57(60)72(64)56-32-31-53(43-61(56)73(62)52-29-24-47(25-30-52)65(2,3)4)75-59-34-27-49(67(8,9)10)41-55(59)70(17)44-51(69(14,15)16)36-37-71(70,75)18/h19-35,38-43,51H,36-37,44H2,1-18H3. The molecular formula is C71H84BN3. The van der Waals surface area contributed by atoms with Crippen LogP contribution in [0.25, 0.3) is 11.1 Å². The molecule has 0 radical (unpaired) electrons. The molecule has 3 unspecified atom stereocenters. The van der Waals surface area contributed by atoms with Gasteiger partial charge in [-0.2, -0.15) is 0 Å². The number of hydrogen-bond acceptors (Lipinski definition) is 3. The Morgan fingerprint density at radius 2 is 1.00 bits per heavy atom. The molecule has 4 aliphatic rings. The van der Waals surface area contributed by atoms with Crippen LogP contribution in [0.5, 0.6) is 0 Å². The van der Waals surface area contributed by atoms with Crippen LogP contribution in [-0.2, 0) is 27.1 Å². The van der Waals surface area contributed by atoms with E-state index in [1.54, 1.807) is 0 Å². The lowest BCUT2D eigenvalue weighted by atomic mass is 9.33. The fourth-order valence-electron chi connectivity index (χ4n) is 13.8. The highest BCUT2D eigenvalue weighted by Crippen LogP contribution is 2.64. The lowest BCUT2D eigenvalue weighted by Gasteiger charge is -2.54. The first-order chi connectivity index (χ1) is 35.0. The van der Waals surface area contributed by atoms with Crippen molar-refractivity contribution in [1.29, 1.82) is 0 Å². The van der Waals surface area contributed by atoms with E-state index in [1.165, 1.54) is 119 Å². The molecule has 4 heteroatoms. The predicted octanol–water partition coefficient (Wildman–Crippen LogP) is 17.9. The van der Waals surface area contributed by atoms with Crippen molar-refractivity contribution in [1.82, 2.24) is 0 Å². The molecule has 0 amide bonds. The van der Waals surface area contributed by atoms with E-state index in [2.05, 4.69) is 279 Å². The molecule has 3 aliphatic heterocycles. The van der Waals surface area contributed by atoms with Crippen LogP contribution in [0.2, 0.25) is 0 Å². The van der Waals surface area contributed by atoms with E-state index >= 15 is 0 Å². The number of anilines is 8. The molecule has 0 N–H and O–H groups in total. The minimum atomic E-state index is -0.129. The van der Waals surface area contributed by atoms with Crippen molar-refractivity contribution in [3.05, 3.63) is 173 Å². The van der Waals surface area contributed by atoms with Crippen LogP contribution < -0.4 is 31.1 Å². The zero-order valence-electron chi connectivity index (χ0n) is 48.9. The van der Waals surface area contributed by atoms with Crippen LogP contribution in [0, 0.1) is 18.3 Å². The molecule has 0 bridgehead atoms. The van der Waals surface area contributed by atoms with Crippen molar-refractivity contribution in [2.45, 2.75) is 177 Å². The third kappa shape index (κ3) is 8.21. The molecule has 7 aromatic carbocycles. The summed E-state index contributed by atoms with van der Waals surface area (Å²) in [5.74, 6) is 0.634. The largest absolute Gasteiger partial charge is 0.334 e. The molecule has 0 saturated heterocycles. The monoisotopic (exact) mass is 990 g/mol. The average Bonchev–Trinajstić information content (AvgIpc) is 3.57. The molecular weight excluding hydrogens is 906 g/mol. The van der Waals surface area contributed by atoms with Gasteiger partial charge in [0, 0.05) is 50.8 Å². The van der Waals surface area contributed by atoms with Crippen LogP contribution in [0.1, 0.15) is 170 Å². The fraction of sp³-hybridized carbons (Fsp3) is 0.408. The Morgan fingerprint density at radius 1 is 0.467 bits per heavy atom. The van der Waals surface area contributed by atoms with Gasteiger partial charge in [-0.3, -0.25) is 0 Å². The van der Waals surface area contributed by atoms with E-state index in [9.17, 15) is 0 Å². The number of aryl methyl sites for hydroxylation is 1. The first kappa shape index (κ1) is 51.1. The van der Waals surface area contributed by atoms with E-state index in [-0.39, 0.29) is 44.7 Å². The zero-order valence-corrected chi connectivity index (χ0v) is 48.9. The number of fused-ring (bicyclic) bond motifs is 7. The summed E-state index contributed by atoms with van der Waals surface area (Å²) in [6, 6.07) is 55.4. The van der Waals surface area contributed by atoms with E-state index in [0.717, 1.165) is 6.42 Å². The predicted molar refractivity (Wildman–Crippen MR) is 327 cm³/mol. The topological polar surface area (TPSA) is 9.72 Å². The molecule has 7 aromatic rings. The minimum absolute atomic E-state index is 0.00407. The molecule has 386 valence electrons. The molecule has 1 fully saturated rings. The van der Waals surface area contributed by atoms with Gasteiger partial charge in [0.25, 0.3) is 6.71 Å². The molecule has 75 heavy (non-hydrogen) atoms. The molecule has 3 nitrogen and oxygen atoms in total. The van der Waals surface area contributed by atoms with Crippen molar-refractivity contribution in [2.24, 2.45) is 11.3 Å². The Bertz CT molecular complexity index is 3380. The Labute approximate surface area is 452 Å². The Morgan fingerprint density at radius 3 is 1.60 bits per heavy atom. The van der Waals surface area contributed by atoms with Crippen molar-refractivity contribution in [3.8, 4) is 11.1 Å². The molecule has 1 aliphatic carbocycles. The maximum absolute atomic E-state index is 2.81. The number of hydrogen-bond donors (Lipinski definition) is 0. The highest BCUT2D eigenvalue weighted by Gasteiger charge is 2.60. The molecule has 11 rings (SSSR count). The lowest BCUT2D eigenvalue weighted by Crippen LogP contribution is -2.61. The van der Waals surface area contributed by atoms with Gasteiger partial charge in [-0.25, -0.2) is 0 Å². The summed E-state index contributed by atoms with van der Waals surface area (Å²) < 4.78 is 0. The third-order valence-electron chi connectivity index (χ3n) is 18.7. The van der Waals surface area contributed by atoms with Gasteiger partial charge in [0.05, 0.1) is 11.2 Å². The summed E-state index contributed by atoms with van der Waals surface area (Å²) in [5, 5.41) is 0. The van der Waals surface area contributed by atoms with E-state index in [0.29, 0.717) is 5.92 Å². The van der Waals surface area contributed by atoms with E-state index in [4.69, 9.17) is 0 Å². The molecule has 1 saturated carbocycles. The van der Waals surface area contributed by atoms with Gasteiger partial charge in [-0.1, -0.05) is 190 Å². The maximum atomic E-state index is 2.81. The minimum Gasteiger partial charge on any atom is -0.334 e. The summed E-state index contributed by atoms with van der Waals surface area (Å²) in [4.78, 5) is 8.08. The summed E-state index contributed by atoms with van der Waals surface area (Å²) in [5.41, 5.74) is 24.9. The molecule has 3 atom stereocenters. The SMILES string of the molecule is Cc1cc2c3c(c1)N(c1ccc(C(C)(C)C)cc1-c1ccccc1)c1ccc(C(C)(C)C)cc1B3c1ccc(N3c4ccc(C(C)(C)C)cc4C4(C)CC(C(C)(C)C)CCC34C)cc1N2c1ccc(C(C)(C)C)cc1. The van der Waals surface area contributed by atoms with Crippen LogP contribution >= 0.6 is 0 Å². The van der Waals surface area contributed by atoms with Gasteiger partial charge >= 0.3 is 0 Å². The van der Waals surface area contributed by atoms with Gasteiger partial charge in [-0.15, -0.1) is 0 Å². The van der Waals surface area contributed by atoms with Crippen LogP contribution in [-0.4, -0.2) is 12.3 Å². The fourth-order valence-corrected chi connectivity index (χ4v) is 13.8. The Balaban J connectivity index is 1.20. The number of benzene rings is 7. The van der Waals surface area contributed by atoms with E-state index < -0.39 is 0 Å². The second-order valence-electron chi connectivity index (χ2n) is 29.0. The Hall–Kier alpha value is -6.00. The van der Waals surface area contributed by atoms with Crippen molar-refractivity contribution in [2.75, 3.05) is 14.7 Å². The van der Waals surface area contributed by atoms with Gasteiger partial charge in [-0.05, 0) is 182 Å². The second kappa shape index (κ2) is 17.0. The average molecular weight is 990 g/mol. The number of rotatable bonds is 4. The van der Waals surface area contributed by atoms with Gasteiger partial charge in [0.2, 0.25) is 0 Å².